The maximum atomic E-state index is 14.2. The fraction of sp³-hybridized carbons (Fsp3) is 0.150. The lowest BCUT2D eigenvalue weighted by molar-refractivity contribution is 0.0954. The lowest BCUT2D eigenvalue weighted by Gasteiger charge is -2.27. The lowest BCUT2D eigenvalue weighted by Crippen LogP contribution is -2.41. The number of carbonyl (C=O) groups is 1. The number of aromatic nitrogens is 1. The Hall–Kier alpha value is -2.59. The van der Waals surface area contributed by atoms with Gasteiger partial charge in [-0.15, -0.1) is 0 Å². The minimum atomic E-state index is -0.345. The highest BCUT2D eigenvalue weighted by molar-refractivity contribution is 6.34. The molecular formula is C20H18ClFN2O. The Labute approximate surface area is 151 Å². The summed E-state index contributed by atoms with van der Waals surface area (Å²) in [5.74, 6) is -0.627. The van der Waals surface area contributed by atoms with E-state index in [2.05, 4.69) is 0 Å². The molecule has 0 N–H and O–H groups in total. The van der Waals surface area contributed by atoms with Crippen LogP contribution in [0.5, 0.6) is 0 Å². The molecule has 1 heterocycles. The summed E-state index contributed by atoms with van der Waals surface area (Å²) in [7, 11) is 0. The van der Waals surface area contributed by atoms with Crippen LogP contribution in [0.2, 0.25) is 5.02 Å². The summed E-state index contributed by atoms with van der Waals surface area (Å²) >= 11 is 6.21. The predicted molar refractivity (Wildman–Crippen MR) is 98.0 cm³/mol. The van der Waals surface area contributed by atoms with E-state index in [0.29, 0.717) is 16.1 Å². The molecule has 0 unspecified atom stereocenters. The monoisotopic (exact) mass is 356 g/mol. The SMILES string of the molecule is Cc1ccc(C)n1N(Cc1ccccc1F)C(=O)c1ccccc1Cl. The minimum Gasteiger partial charge on any atom is -0.267 e. The molecule has 3 nitrogen and oxygen atoms in total. The molecule has 25 heavy (non-hydrogen) atoms. The molecule has 3 aromatic rings. The topological polar surface area (TPSA) is 25.2 Å². The largest absolute Gasteiger partial charge is 0.274 e. The van der Waals surface area contributed by atoms with E-state index in [1.807, 2.05) is 26.0 Å². The first kappa shape index (κ1) is 17.2. The molecule has 2 aromatic carbocycles. The number of rotatable bonds is 4. The van der Waals surface area contributed by atoms with Gasteiger partial charge in [0.05, 0.1) is 17.1 Å². The summed E-state index contributed by atoms with van der Waals surface area (Å²) in [4.78, 5) is 13.2. The second-order valence-electron chi connectivity index (χ2n) is 5.86. The van der Waals surface area contributed by atoms with Crippen LogP contribution in [0, 0.1) is 19.7 Å². The van der Waals surface area contributed by atoms with Gasteiger partial charge in [-0.1, -0.05) is 41.9 Å². The van der Waals surface area contributed by atoms with Crippen LogP contribution in [0.15, 0.2) is 60.7 Å². The highest BCUT2D eigenvalue weighted by atomic mass is 35.5. The minimum absolute atomic E-state index is 0.104. The van der Waals surface area contributed by atoms with Gasteiger partial charge >= 0.3 is 0 Å². The Balaban J connectivity index is 2.08. The molecule has 0 aliphatic heterocycles. The molecule has 0 bridgehead atoms. The molecule has 0 saturated heterocycles. The number of halogens is 2. The molecule has 3 rings (SSSR count). The van der Waals surface area contributed by atoms with Crippen molar-refractivity contribution in [1.29, 1.82) is 0 Å². The number of nitrogens with zero attached hydrogens (tertiary/aromatic N) is 2. The van der Waals surface area contributed by atoms with E-state index >= 15 is 0 Å². The van der Waals surface area contributed by atoms with Crippen molar-refractivity contribution >= 4 is 17.5 Å². The second kappa shape index (κ2) is 7.11. The van der Waals surface area contributed by atoms with Crippen LogP contribution >= 0.6 is 11.6 Å². The van der Waals surface area contributed by atoms with Crippen molar-refractivity contribution in [2.75, 3.05) is 5.01 Å². The third kappa shape index (κ3) is 3.44. The quantitative estimate of drug-likeness (QED) is 0.654. The van der Waals surface area contributed by atoms with Crippen molar-refractivity contribution in [2.24, 2.45) is 0 Å². The van der Waals surface area contributed by atoms with Crippen LogP contribution in [0.25, 0.3) is 0 Å². The molecule has 0 atom stereocenters. The Bertz CT molecular complexity index is 900. The standard InChI is InChI=1S/C20H18ClFN2O/c1-14-11-12-15(2)24(14)23(13-16-7-3-6-10-19(16)22)20(25)17-8-4-5-9-18(17)21/h3-12H,13H2,1-2H3. The predicted octanol–water partition coefficient (Wildman–Crippen LogP) is 4.88. The smallest absolute Gasteiger partial charge is 0.267 e. The van der Waals surface area contributed by atoms with Crippen molar-refractivity contribution in [1.82, 2.24) is 4.68 Å². The van der Waals surface area contributed by atoms with E-state index in [1.54, 1.807) is 47.1 Å². The molecular weight excluding hydrogens is 339 g/mol. The Morgan fingerprint density at radius 2 is 1.60 bits per heavy atom. The molecule has 128 valence electrons. The fourth-order valence-corrected chi connectivity index (χ4v) is 3.05. The first-order valence-electron chi connectivity index (χ1n) is 7.94. The maximum Gasteiger partial charge on any atom is 0.274 e. The summed E-state index contributed by atoms with van der Waals surface area (Å²) < 4.78 is 16.0. The number of benzene rings is 2. The van der Waals surface area contributed by atoms with Crippen LogP contribution < -0.4 is 5.01 Å². The molecule has 5 heteroatoms. The van der Waals surface area contributed by atoms with E-state index in [-0.39, 0.29) is 18.3 Å². The highest BCUT2D eigenvalue weighted by Crippen LogP contribution is 2.21. The van der Waals surface area contributed by atoms with Gasteiger partial charge in [-0.2, -0.15) is 0 Å². The summed E-state index contributed by atoms with van der Waals surface area (Å²) in [5.41, 5.74) is 2.59. The lowest BCUT2D eigenvalue weighted by atomic mass is 10.1. The number of hydrogen-bond donors (Lipinski definition) is 0. The third-order valence-electron chi connectivity index (χ3n) is 4.09. The molecule has 1 amide bonds. The van der Waals surface area contributed by atoms with Gasteiger partial charge in [-0.25, -0.2) is 9.40 Å². The average molecular weight is 357 g/mol. The van der Waals surface area contributed by atoms with Gasteiger partial charge in [-0.05, 0) is 44.2 Å². The van der Waals surface area contributed by atoms with Gasteiger partial charge in [-0.3, -0.25) is 9.47 Å². The van der Waals surface area contributed by atoms with Crippen molar-refractivity contribution in [3.8, 4) is 0 Å². The van der Waals surface area contributed by atoms with Gasteiger partial charge in [0.2, 0.25) is 0 Å². The van der Waals surface area contributed by atoms with E-state index < -0.39 is 0 Å². The highest BCUT2D eigenvalue weighted by Gasteiger charge is 2.23. The van der Waals surface area contributed by atoms with Crippen molar-refractivity contribution in [3.63, 3.8) is 0 Å². The van der Waals surface area contributed by atoms with Crippen molar-refractivity contribution in [2.45, 2.75) is 20.4 Å². The van der Waals surface area contributed by atoms with Crippen LogP contribution in [0.3, 0.4) is 0 Å². The van der Waals surface area contributed by atoms with Gasteiger partial charge in [0.15, 0.2) is 0 Å². The zero-order valence-corrected chi connectivity index (χ0v) is 14.8. The second-order valence-corrected chi connectivity index (χ2v) is 6.27. The Morgan fingerprint density at radius 3 is 2.24 bits per heavy atom. The Morgan fingerprint density at radius 1 is 1.00 bits per heavy atom. The first-order chi connectivity index (χ1) is 12.0. The zero-order valence-electron chi connectivity index (χ0n) is 14.0. The third-order valence-corrected chi connectivity index (χ3v) is 4.42. The van der Waals surface area contributed by atoms with Gasteiger partial charge in [0, 0.05) is 17.0 Å². The molecule has 0 aliphatic rings. The summed E-state index contributed by atoms with van der Waals surface area (Å²) in [6, 6.07) is 17.2. The van der Waals surface area contributed by atoms with Crippen LogP contribution in [-0.4, -0.2) is 10.6 Å². The van der Waals surface area contributed by atoms with Crippen LogP contribution in [-0.2, 0) is 6.54 Å². The van der Waals surface area contributed by atoms with E-state index in [0.717, 1.165) is 11.4 Å². The molecule has 0 aliphatic carbocycles. The van der Waals surface area contributed by atoms with E-state index in [1.165, 1.54) is 11.1 Å². The Kier molecular flexibility index (Phi) is 4.91. The van der Waals surface area contributed by atoms with E-state index in [9.17, 15) is 9.18 Å². The van der Waals surface area contributed by atoms with Crippen molar-refractivity contribution in [3.05, 3.63) is 94.0 Å². The zero-order chi connectivity index (χ0) is 18.0. The van der Waals surface area contributed by atoms with Gasteiger partial charge in [0.25, 0.3) is 5.91 Å². The number of carbonyl (C=O) groups excluding carboxylic acids is 1. The van der Waals surface area contributed by atoms with Gasteiger partial charge < -0.3 is 0 Å². The maximum absolute atomic E-state index is 14.2. The number of aryl methyl sites for hydroxylation is 2. The first-order valence-corrected chi connectivity index (χ1v) is 8.32. The molecule has 0 fully saturated rings. The summed E-state index contributed by atoms with van der Waals surface area (Å²) in [6.45, 7) is 3.91. The average Bonchev–Trinajstić information content (AvgIpc) is 2.93. The van der Waals surface area contributed by atoms with Gasteiger partial charge in [0.1, 0.15) is 5.82 Å². The molecule has 0 saturated carbocycles. The summed E-state index contributed by atoms with van der Waals surface area (Å²) in [6.07, 6.45) is 0. The fourth-order valence-electron chi connectivity index (χ4n) is 2.84. The molecule has 1 aromatic heterocycles. The van der Waals surface area contributed by atoms with Crippen LogP contribution in [0.4, 0.5) is 4.39 Å². The normalized spacial score (nSPS) is 10.7. The summed E-state index contributed by atoms with van der Waals surface area (Å²) in [5, 5.41) is 1.89. The van der Waals surface area contributed by atoms with E-state index in [4.69, 9.17) is 11.6 Å². The van der Waals surface area contributed by atoms with Crippen molar-refractivity contribution < 1.29 is 9.18 Å². The number of amides is 1. The number of hydrogen-bond acceptors (Lipinski definition) is 1. The molecule has 0 radical (unpaired) electrons. The van der Waals surface area contributed by atoms with Crippen LogP contribution in [0.1, 0.15) is 27.3 Å². The molecule has 0 spiro atoms.